The van der Waals surface area contributed by atoms with Crippen molar-refractivity contribution in [3.8, 4) is 0 Å². The number of rotatable bonds is 2. The minimum atomic E-state index is -0.00727. The van der Waals surface area contributed by atoms with Gasteiger partial charge in [-0.2, -0.15) is 0 Å². The van der Waals surface area contributed by atoms with Crippen LogP contribution in [0.25, 0.3) is 0 Å². The average molecular weight is 321 g/mol. The van der Waals surface area contributed by atoms with Crippen molar-refractivity contribution in [2.75, 3.05) is 32.9 Å². The molecule has 1 saturated heterocycles. The van der Waals surface area contributed by atoms with Crippen molar-refractivity contribution in [3.63, 3.8) is 0 Å². The first kappa shape index (κ1) is 19.0. The molecule has 20 heavy (non-hydrogen) atoms. The van der Waals surface area contributed by atoms with Gasteiger partial charge in [-0.15, -0.1) is 24.8 Å². The molecular weight excluding hydrogens is 299 g/mol. The average Bonchev–Trinajstić information content (AvgIpc) is 2.38. The number of likely N-dealkylation sites (N-methyl/N-ethyl adjacent to an activating group) is 1. The minimum absolute atomic E-state index is 0. The van der Waals surface area contributed by atoms with Crippen molar-refractivity contribution in [3.05, 3.63) is 24.0 Å². The van der Waals surface area contributed by atoms with E-state index in [1.165, 1.54) is 0 Å². The molecule has 1 fully saturated rings. The fraction of sp³-hybridized carbons (Fsp3) is 0.538. The fourth-order valence-electron chi connectivity index (χ4n) is 2.31. The Morgan fingerprint density at radius 2 is 2.15 bits per heavy atom. The summed E-state index contributed by atoms with van der Waals surface area (Å²) in [5, 5.41) is 0. The molecule has 5 nitrogen and oxygen atoms in total. The Labute approximate surface area is 132 Å². The quantitative estimate of drug-likeness (QED) is 0.900. The van der Waals surface area contributed by atoms with Gasteiger partial charge in [0, 0.05) is 37.2 Å². The summed E-state index contributed by atoms with van der Waals surface area (Å²) in [6.07, 6.45) is 5.33. The molecule has 0 bridgehead atoms. The second kappa shape index (κ2) is 8.29. The highest BCUT2D eigenvalue weighted by Crippen LogP contribution is 2.18. The number of likely N-dealkylation sites (tertiary alicyclic amines) is 1. The second-order valence-electron chi connectivity index (χ2n) is 4.97. The van der Waals surface area contributed by atoms with Crippen LogP contribution in [0.3, 0.4) is 0 Å². The van der Waals surface area contributed by atoms with E-state index in [4.69, 9.17) is 5.73 Å². The van der Waals surface area contributed by atoms with Crippen LogP contribution in [0.15, 0.2) is 18.5 Å². The first-order chi connectivity index (χ1) is 8.59. The number of nitrogens with two attached hydrogens (primary N) is 1. The van der Waals surface area contributed by atoms with Gasteiger partial charge in [-0.25, -0.2) is 0 Å². The van der Waals surface area contributed by atoms with Crippen LogP contribution in [-0.4, -0.2) is 53.9 Å². The molecule has 0 saturated carbocycles. The fourth-order valence-corrected chi connectivity index (χ4v) is 2.31. The van der Waals surface area contributed by atoms with Crippen LogP contribution in [0.4, 0.5) is 5.69 Å². The highest BCUT2D eigenvalue weighted by Gasteiger charge is 2.26. The summed E-state index contributed by atoms with van der Waals surface area (Å²) in [5.74, 6) is -0.00727. The van der Waals surface area contributed by atoms with Crippen molar-refractivity contribution < 1.29 is 4.79 Å². The highest BCUT2D eigenvalue weighted by molar-refractivity contribution is 5.98. The van der Waals surface area contributed by atoms with E-state index in [-0.39, 0.29) is 30.7 Å². The number of carbonyl (C=O) groups is 1. The zero-order valence-electron chi connectivity index (χ0n) is 11.8. The molecule has 0 aliphatic carbocycles. The Hall–Kier alpha value is -1.04. The number of nitrogen functional groups attached to an aromatic ring is 1. The number of hydrogen-bond donors (Lipinski definition) is 1. The molecule has 0 aromatic carbocycles. The summed E-state index contributed by atoms with van der Waals surface area (Å²) < 4.78 is 0. The van der Waals surface area contributed by atoms with E-state index < -0.39 is 0 Å². The molecule has 0 radical (unpaired) electrons. The minimum Gasteiger partial charge on any atom is -0.398 e. The van der Waals surface area contributed by atoms with E-state index in [9.17, 15) is 4.79 Å². The summed E-state index contributed by atoms with van der Waals surface area (Å²) in [6, 6.07) is 2.10. The van der Waals surface area contributed by atoms with Crippen molar-refractivity contribution in [2.24, 2.45) is 0 Å². The Bertz CT molecular complexity index is 442. The lowest BCUT2D eigenvalue weighted by molar-refractivity contribution is 0.0636. The number of pyridine rings is 1. The first-order valence-corrected chi connectivity index (χ1v) is 6.25. The summed E-state index contributed by atoms with van der Waals surface area (Å²) in [7, 11) is 4.11. The topological polar surface area (TPSA) is 62.5 Å². The Morgan fingerprint density at radius 3 is 2.75 bits per heavy atom. The van der Waals surface area contributed by atoms with Gasteiger partial charge in [0.2, 0.25) is 0 Å². The maximum absolute atomic E-state index is 12.4. The number of halogens is 2. The zero-order chi connectivity index (χ0) is 13.1. The van der Waals surface area contributed by atoms with Crippen LogP contribution in [0, 0.1) is 0 Å². The predicted molar refractivity (Wildman–Crippen MR) is 85.8 cm³/mol. The van der Waals surface area contributed by atoms with Crippen LogP contribution in [0.2, 0.25) is 0 Å². The Balaban J connectivity index is 0.00000180. The van der Waals surface area contributed by atoms with Crippen LogP contribution < -0.4 is 5.73 Å². The number of hydrogen-bond acceptors (Lipinski definition) is 4. The molecule has 7 heteroatoms. The van der Waals surface area contributed by atoms with Crippen molar-refractivity contribution >= 4 is 36.4 Å². The van der Waals surface area contributed by atoms with E-state index in [1.807, 2.05) is 4.90 Å². The molecule has 1 aromatic heterocycles. The second-order valence-corrected chi connectivity index (χ2v) is 4.97. The Kier molecular flexibility index (Phi) is 7.86. The SMILES string of the molecule is CN(C)C1CCCN(C(=O)c2cnccc2N)C1.Cl.Cl. The summed E-state index contributed by atoms with van der Waals surface area (Å²) >= 11 is 0. The zero-order valence-corrected chi connectivity index (χ0v) is 13.4. The summed E-state index contributed by atoms with van der Waals surface area (Å²) in [4.78, 5) is 20.4. The van der Waals surface area contributed by atoms with Crippen molar-refractivity contribution in [2.45, 2.75) is 18.9 Å². The smallest absolute Gasteiger partial charge is 0.257 e. The number of nitrogens with zero attached hydrogens (tertiary/aromatic N) is 3. The van der Waals surface area contributed by atoms with Gasteiger partial charge in [0.1, 0.15) is 0 Å². The van der Waals surface area contributed by atoms with Gasteiger partial charge < -0.3 is 15.5 Å². The van der Waals surface area contributed by atoms with E-state index in [2.05, 4.69) is 24.0 Å². The molecule has 1 atom stereocenters. The molecule has 0 spiro atoms. The molecule has 1 aliphatic rings. The first-order valence-electron chi connectivity index (χ1n) is 6.25. The normalized spacial score (nSPS) is 18.1. The largest absolute Gasteiger partial charge is 0.398 e. The standard InChI is InChI=1S/C13H20N4O.2ClH/c1-16(2)10-4-3-7-17(9-10)13(18)11-8-15-6-5-12(11)14;;/h5-6,8,10H,3-4,7,9H2,1-2H3,(H2,14,15);2*1H. The third kappa shape index (κ3) is 4.23. The molecule has 114 valence electrons. The van der Waals surface area contributed by atoms with Crippen molar-refractivity contribution in [1.82, 2.24) is 14.8 Å². The van der Waals surface area contributed by atoms with Crippen LogP contribution >= 0.6 is 24.8 Å². The summed E-state index contributed by atoms with van der Waals surface area (Å²) in [5.41, 5.74) is 6.84. The molecular formula is C13H22Cl2N4O. The van der Waals surface area contributed by atoms with Gasteiger partial charge in [0.05, 0.1) is 5.56 Å². The van der Waals surface area contributed by atoms with E-state index in [1.54, 1.807) is 18.5 Å². The lowest BCUT2D eigenvalue weighted by Gasteiger charge is -2.36. The number of carbonyl (C=O) groups excluding carboxylic acids is 1. The molecule has 1 aliphatic heterocycles. The predicted octanol–water partition coefficient (Wildman–Crippen LogP) is 1.67. The monoisotopic (exact) mass is 320 g/mol. The summed E-state index contributed by atoms with van der Waals surface area (Å²) in [6.45, 7) is 1.57. The third-order valence-corrected chi connectivity index (χ3v) is 3.50. The number of anilines is 1. The van der Waals surface area contributed by atoms with Gasteiger partial charge in [-0.1, -0.05) is 0 Å². The molecule has 2 N–H and O–H groups in total. The lowest BCUT2D eigenvalue weighted by atomic mass is 10.0. The van der Waals surface area contributed by atoms with Crippen LogP contribution in [0.1, 0.15) is 23.2 Å². The Morgan fingerprint density at radius 1 is 1.45 bits per heavy atom. The maximum Gasteiger partial charge on any atom is 0.257 e. The lowest BCUT2D eigenvalue weighted by Crippen LogP contribution is -2.47. The maximum atomic E-state index is 12.4. The van der Waals surface area contributed by atoms with Crippen LogP contribution in [-0.2, 0) is 0 Å². The molecule has 2 rings (SSSR count). The number of piperidine rings is 1. The van der Waals surface area contributed by atoms with Gasteiger partial charge in [0.25, 0.3) is 5.91 Å². The molecule has 2 heterocycles. The van der Waals surface area contributed by atoms with E-state index in [0.29, 0.717) is 17.3 Å². The molecule has 1 aromatic rings. The van der Waals surface area contributed by atoms with Gasteiger partial charge in [-0.05, 0) is 33.0 Å². The highest BCUT2D eigenvalue weighted by atomic mass is 35.5. The van der Waals surface area contributed by atoms with Crippen molar-refractivity contribution in [1.29, 1.82) is 0 Å². The van der Waals surface area contributed by atoms with Crippen LogP contribution in [0.5, 0.6) is 0 Å². The van der Waals surface area contributed by atoms with Gasteiger partial charge >= 0.3 is 0 Å². The third-order valence-electron chi connectivity index (χ3n) is 3.50. The molecule has 1 unspecified atom stereocenters. The van der Waals surface area contributed by atoms with E-state index in [0.717, 1.165) is 25.9 Å². The van der Waals surface area contributed by atoms with Gasteiger partial charge in [-0.3, -0.25) is 9.78 Å². The number of aromatic nitrogens is 1. The molecule has 1 amide bonds. The number of amides is 1. The van der Waals surface area contributed by atoms with E-state index >= 15 is 0 Å². The van der Waals surface area contributed by atoms with Gasteiger partial charge in [0.15, 0.2) is 0 Å².